The highest BCUT2D eigenvalue weighted by atomic mass is 19.1. The van der Waals surface area contributed by atoms with E-state index >= 15 is 0 Å². The van der Waals surface area contributed by atoms with Crippen LogP contribution in [0.3, 0.4) is 0 Å². The monoisotopic (exact) mass is 347 g/mol. The minimum absolute atomic E-state index is 0.0288. The normalized spacial score (nSPS) is 17.1. The molecule has 3 heterocycles. The van der Waals surface area contributed by atoms with Gasteiger partial charge in [-0.05, 0) is 55.7 Å². The van der Waals surface area contributed by atoms with Crippen molar-refractivity contribution in [3.63, 3.8) is 0 Å². The molecule has 1 saturated carbocycles. The third kappa shape index (κ3) is 2.27. The Balaban J connectivity index is 1.59. The first-order valence-corrected chi connectivity index (χ1v) is 8.80. The van der Waals surface area contributed by atoms with Crippen LogP contribution in [-0.4, -0.2) is 22.4 Å². The highest BCUT2D eigenvalue weighted by molar-refractivity contribution is 5.99. The molecular formula is C21H18FN3O. The predicted octanol–water partition coefficient (Wildman–Crippen LogP) is 3.97. The van der Waals surface area contributed by atoms with Crippen molar-refractivity contribution in [2.24, 2.45) is 0 Å². The largest absolute Gasteiger partial charge is 0.357 e. The number of fused-ring (bicyclic) bond motifs is 2. The maximum absolute atomic E-state index is 14.3. The standard InChI is InChI=1S/C21H18FN3O/c1-12-2-3-14(16(22)8-12)18-9-13(4-7-23-18)17-10-15-19(25-17)21(5-6-21)11-24-20(15)26/h2-4,7-10,25H,5-6,11H2,1H3,(H,24,26). The van der Waals surface area contributed by atoms with Crippen LogP contribution in [0.15, 0.2) is 42.6 Å². The van der Waals surface area contributed by atoms with E-state index in [9.17, 15) is 9.18 Å². The lowest BCUT2D eigenvalue weighted by Crippen LogP contribution is -2.38. The van der Waals surface area contributed by atoms with Gasteiger partial charge in [0.1, 0.15) is 5.82 Å². The zero-order chi connectivity index (χ0) is 17.9. The summed E-state index contributed by atoms with van der Waals surface area (Å²) in [6.45, 7) is 2.56. The number of benzene rings is 1. The molecule has 0 atom stereocenters. The minimum Gasteiger partial charge on any atom is -0.357 e. The number of aryl methyl sites for hydroxylation is 1. The molecule has 0 radical (unpaired) electrons. The second-order valence-electron chi connectivity index (χ2n) is 7.35. The van der Waals surface area contributed by atoms with Gasteiger partial charge in [0, 0.05) is 40.7 Å². The summed E-state index contributed by atoms with van der Waals surface area (Å²) in [6.07, 6.45) is 3.86. The van der Waals surface area contributed by atoms with E-state index in [1.54, 1.807) is 12.3 Å². The predicted molar refractivity (Wildman–Crippen MR) is 97.4 cm³/mol. The lowest BCUT2D eigenvalue weighted by molar-refractivity contribution is 0.0937. The number of aromatic nitrogens is 2. The van der Waals surface area contributed by atoms with Crippen molar-refractivity contribution in [3.05, 3.63) is 65.2 Å². The van der Waals surface area contributed by atoms with Crippen LogP contribution >= 0.6 is 0 Å². The number of carbonyl (C=O) groups excluding carboxylic acids is 1. The van der Waals surface area contributed by atoms with Gasteiger partial charge in [0.25, 0.3) is 5.91 Å². The molecule has 5 heteroatoms. The Bertz CT molecular complexity index is 1050. The summed E-state index contributed by atoms with van der Waals surface area (Å²) >= 11 is 0. The number of aromatic amines is 1. The first kappa shape index (κ1) is 15.3. The van der Waals surface area contributed by atoms with Gasteiger partial charge < -0.3 is 10.3 Å². The highest BCUT2D eigenvalue weighted by Crippen LogP contribution is 2.50. The average molecular weight is 347 g/mol. The maximum Gasteiger partial charge on any atom is 0.253 e. The van der Waals surface area contributed by atoms with Gasteiger partial charge in [0.15, 0.2) is 0 Å². The molecule has 26 heavy (non-hydrogen) atoms. The SMILES string of the molecule is Cc1ccc(-c2cc(-c3cc4c([nH]3)C3(CC3)CNC4=O)ccn2)c(F)c1. The number of pyridine rings is 1. The quantitative estimate of drug-likeness (QED) is 0.737. The Morgan fingerprint density at radius 2 is 1.96 bits per heavy atom. The maximum atomic E-state index is 14.3. The summed E-state index contributed by atoms with van der Waals surface area (Å²) < 4.78 is 14.3. The van der Waals surface area contributed by atoms with Crippen molar-refractivity contribution in [2.75, 3.05) is 6.54 Å². The van der Waals surface area contributed by atoms with E-state index in [4.69, 9.17) is 0 Å². The van der Waals surface area contributed by atoms with E-state index in [0.717, 1.165) is 40.9 Å². The first-order valence-electron chi connectivity index (χ1n) is 8.80. The number of nitrogens with one attached hydrogen (secondary N) is 2. The lowest BCUT2D eigenvalue weighted by Gasteiger charge is -2.21. The zero-order valence-electron chi connectivity index (χ0n) is 14.4. The van der Waals surface area contributed by atoms with Crippen molar-refractivity contribution in [1.82, 2.24) is 15.3 Å². The molecule has 0 saturated heterocycles. The molecule has 1 aromatic carbocycles. The van der Waals surface area contributed by atoms with E-state index in [1.807, 2.05) is 31.2 Å². The first-order chi connectivity index (χ1) is 12.6. The second-order valence-corrected chi connectivity index (χ2v) is 7.35. The third-order valence-corrected chi connectivity index (χ3v) is 5.51. The molecule has 1 amide bonds. The van der Waals surface area contributed by atoms with Crippen molar-refractivity contribution < 1.29 is 9.18 Å². The van der Waals surface area contributed by atoms with Gasteiger partial charge >= 0.3 is 0 Å². The van der Waals surface area contributed by atoms with E-state index in [2.05, 4.69) is 15.3 Å². The summed E-state index contributed by atoms with van der Waals surface area (Å²) in [6, 6.07) is 10.8. The molecule has 1 spiro atoms. The number of nitrogens with zero attached hydrogens (tertiary/aromatic N) is 1. The molecule has 2 aliphatic rings. The molecule has 0 unspecified atom stereocenters. The fraction of sp³-hybridized carbons (Fsp3) is 0.238. The molecule has 3 aromatic rings. The van der Waals surface area contributed by atoms with Crippen LogP contribution < -0.4 is 5.32 Å². The van der Waals surface area contributed by atoms with Gasteiger partial charge in [0.05, 0.1) is 11.3 Å². The van der Waals surface area contributed by atoms with Crippen LogP contribution in [0.1, 0.15) is 34.5 Å². The van der Waals surface area contributed by atoms with Crippen molar-refractivity contribution in [1.29, 1.82) is 0 Å². The van der Waals surface area contributed by atoms with Crippen molar-refractivity contribution in [3.8, 4) is 22.5 Å². The summed E-state index contributed by atoms with van der Waals surface area (Å²) in [4.78, 5) is 20.0. The lowest BCUT2D eigenvalue weighted by atomic mass is 9.95. The molecule has 4 nitrogen and oxygen atoms in total. The Morgan fingerprint density at radius 3 is 2.73 bits per heavy atom. The molecule has 1 fully saturated rings. The molecule has 5 rings (SSSR count). The van der Waals surface area contributed by atoms with Crippen LogP contribution in [0.4, 0.5) is 4.39 Å². The molecule has 2 aromatic heterocycles. The average Bonchev–Trinajstić information content (AvgIpc) is 3.26. The van der Waals surface area contributed by atoms with E-state index in [-0.39, 0.29) is 17.1 Å². The van der Waals surface area contributed by atoms with Crippen LogP contribution in [0, 0.1) is 12.7 Å². The molecule has 0 bridgehead atoms. The Labute approximate surface area is 150 Å². The van der Waals surface area contributed by atoms with Gasteiger partial charge in [-0.15, -0.1) is 0 Å². The summed E-state index contributed by atoms with van der Waals surface area (Å²) in [5, 5.41) is 2.98. The van der Waals surface area contributed by atoms with E-state index < -0.39 is 0 Å². The van der Waals surface area contributed by atoms with Crippen LogP contribution in [-0.2, 0) is 5.41 Å². The third-order valence-electron chi connectivity index (χ3n) is 5.51. The van der Waals surface area contributed by atoms with Gasteiger partial charge in [-0.3, -0.25) is 9.78 Å². The van der Waals surface area contributed by atoms with Crippen LogP contribution in [0.25, 0.3) is 22.5 Å². The molecule has 130 valence electrons. The summed E-state index contributed by atoms with van der Waals surface area (Å²) in [7, 11) is 0. The highest BCUT2D eigenvalue weighted by Gasteiger charge is 2.50. The van der Waals surface area contributed by atoms with Gasteiger partial charge in [-0.1, -0.05) is 6.07 Å². The Hall–Kier alpha value is -2.95. The van der Waals surface area contributed by atoms with Crippen molar-refractivity contribution >= 4 is 5.91 Å². The molecule has 1 aliphatic heterocycles. The Kier molecular flexibility index (Phi) is 3.11. The number of hydrogen-bond donors (Lipinski definition) is 2. The molecule has 1 aliphatic carbocycles. The Morgan fingerprint density at radius 1 is 1.12 bits per heavy atom. The number of amides is 1. The number of hydrogen-bond acceptors (Lipinski definition) is 2. The number of H-pyrrole nitrogens is 1. The number of carbonyl (C=O) groups is 1. The minimum atomic E-state index is -0.281. The fourth-order valence-electron chi connectivity index (χ4n) is 3.79. The van der Waals surface area contributed by atoms with E-state index in [0.29, 0.717) is 17.8 Å². The molecular weight excluding hydrogens is 329 g/mol. The summed E-state index contributed by atoms with van der Waals surface area (Å²) in [5.41, 5.74) is 5.55. The van der Waals surface area contributed by atoms with Gasteiger partial charge in [0.2, 0.25) is 0 Å². The smallest absolute Gasteiger partial charge is 0.253 e. The van der Waals surface area contributed by atoms with Crippen LogP contribution in [0.5, 0.6) is 0 Å². The van der Waals surface area contributed by atoms with Crippen LogP contribution in [0.2, 0.25) is 0 Å². The fourth-order valence-corrected chi connectivity index (χ4v) is 3.79. The zero-order valence-corrected chi connectivity index (χ0v) is 14.4. The van der Waals surface area contributed by atoms with Crippen molar-refractivity contribution in [2.45, 2.75) is 25.2 Å². The van der Waals surface area contributed by atoms with Gasteiger partial charge in [-0.25, -0.2) is 4.39 Å². The summed E-state index contributed by atoms with van der Waals surface area (Å²) in [5.74, 6) is -0.310. The topological polar surface area (TPSA) is 57.8 Å². The van der Waals surface area contributed by atoms with E-state index in [1.165, 1.54) is 6.07 Å². The number of rotatable bonds is 2. The van der Waals surface area contributed by atoms with Gasteiger partial charge in [-0.2, -0.15) is 0 Å². The second kappa shape index (κ2) is 5.27. The number of halogens is 1. The molecule has 2 N–H and O–H groups in total.